The van der Waals surface area contributed by atoms with Gasteiger partial charge < -0.3 is 4.90 Å². The van der Waals surface area contributed by atoms with E-state index < -0.39 is 0 Å². The van der Waals surface area contributed by atoms with Gasteiger partial charge in [-0.1, -0.05) is 64.7 Å². The van der Waals surface area contributed by atoms with E-state index in [4.69, 9.17) is 0 Å². The summed E-state index contributed by atoms with van der Waals surface area (Å²) >= 11 is 0. The van der Waals surface area contributed by atoms with Gasteiger partial charge in [0.2, 0.25) is 0 Å². The van der Waals surface area contributed by atoms with Gasteiger partial charge in [0.05, 0.1) is 0 Å². The largest absolute Gasteiger partial charge is 0.303 e. The summed E-state index contributed by atoms with van der Waals surface area (Å²) in [6, 6.07) is 0. The molecule has 1 nitrogen and oxygen atoms in total. The SMILES string of the molecule is CCCCCCCCCCCCN1CCC1.Cl. The maximum atomic E-state index is 2.59. The van der Waals surface area contributed by atoms with Gasteiger partial charge >= 0.3 is 0 Å². The first-order valence-electron chi connectivity index (χ1n) is 7.66. The Bertz CT molecular complexity index is 146. The number of rotatable bonds is 11. The Balaban J connectivity index is 0.00000256. The summed E-state index contributed by atoms with van der Waals surface area (Å²) < 4.78 is 0. The minimum Gasteiger partial charge on any atom is -0.303 e. The highest BCUT2D eigenvalue weighted by Crippen LogP contribution is 2.12. The normalized spacial score (nSPS) is 15.4. The molecule has 104 valence electrons. The molecule has 0 radical (unpaired) electrons. The minimum absolute atomic E-state index is 0. The van der Waals surface area contributed by atoms with Crippen LogP contribution in [0, 0.1) is 0 Å². The molecule has 0 N–H and O–H groups in total. The molecule has 1 saturated heterocycles. The molecule has 0 spiro atoms. The molecule has 1 aliphatic rings. The van der Waals surface area contributed by atoms with Crippen LogP contribution in [0.2, 0.25) is 0 Å². The van der Waals surface area contributed by atoms with Crippen molar-refractivity contribution in [3.8, 4) is 0 Å². The fourth-order valence-electron chi connectivity index (χ4n) is 2.43. The lowest BCUT2D eigenvalue weighted by Gasteiger charge is -2.30. The Morgan fingerprint density at radius 2 is 1.18 bits per heavy atom. The molecule has 17 heavy (non-hydrogen) atoms. The average molecular weight is 262 g/mol. The van der Waals surface area contributed by atoms with Crippen molar-refractivity contribution in [1.82, 2.24) is 4.90 Å². The van der Waals surface area contributed by atoms with E-state index in [0.717, 1.165) is 0 Å². The Kier molecular flexibility index (Phi) is 12.9. The molecule has 0 aromatic rings. The third-order valence-electron chi connectivity index (χ3n) is 3.78. The van der Waals surface area contributed by atoms with E-state index in [-0.39, 0.29) is 12.4 Å². The summed E-state index contributed by atoms with van der Waals surface area (Å²) in [5.41, 5.74) is 0. The van der Waals surface area contributed by atoms with E-state index in [9.17, 15) is 0 Å². The zero-order chi connectivity index (χ0) is 11.5. The zero-order valence-electron chi connectivity index (χ0n) is 11.8. The van der Waals surface area contributed by atoms with Crippen molar-refractivity contribution in [3.63, 3.8) is 0 Å². The van der Waals surface area contributed by atoms with Crippen molar-refractivity contribution in [3.05, 3.63) is 0 Å². The topological polar surface area (TPSA) is 3.24 Å². The molecule has 0 unspecified atom stereocenters. The van der Waals surface area contributed by atoms with Gasteiger partial charge in [-0.15, -0.1) is 12.4 Å². The maximum absolute atomic E-state index is 2.59. The standard InChI is InChI=1S/C15H31N.ClH/c1-2-3-4-5-6-7-8-9-10-11-13-16-14-12-15-16;/h2-15H2,1H3;1H. The van der Waals surface area contributed by atoms with Gasteiger partial charge in [0.1, 0.15) is 0 Å². The third kappa shape index (κ3) is 9.91. The number of hydrogen-bond acceptors (Lipinski definition) is 1. The van der Waals surface area contributed by atoms with E-state index in [1.165, 1.54) is 90.3 Å². The van der Waals surface area contributed by atoms with Gasteiger partial charge in [0, 0.05) is 0 Å². The van der Waals surface area contributed by atoms with Crippen molar-refractivity contribution in [2.75, 3.05) is 19.6 Å². The molecule has 0 atom stereocenters. The van der Waals surface area contributed by atoms with Crippen LogP contribution in [0.25, 0.3) is 0 Å². The van der Waals surface area contributed by atoms with Crippen LogP contribution in [0.5, 0.6) is 0 Å². The first-order chi connectivity index (χ1) is 7.93. The molecule has 0 aromatic carbocycles. The highest BCUT2D eigenvalue weighted by atomic mass is 35.5. The second-order valence-corrected chi connectivity index (χ2v) is 5.38. The molecule has 1 heterocycles. The monoisotopic (exact) mass is 261 g/mol. The van der Waals surface area contributed by atoms with E-state index in [1.807, 2.05) is 0 Å². The van der Waals surface area contributed by atoms with Crippen molar-refractivity contribution in [2.24, 2.45) is 0 Å². The molecule has 1 aliphatic heterocycles. The second kappa shape index (κ2) is 12.7. The third-order valence-corrected chi connectivity index (χ3v) is 3.78. The highest BCUT2D eigenvalue weighted by molar-refractivity contribution is 5.85. The summed E-state index contributed by atoms with van der Waals surface area (Å²) in [5, 5.41) is 0. The van der Waals surface area contributed by atoms with Crippen molar-refractivity contribution in [1.29, 1.82) is 0 Å². The van der Waals surface area contributed by atoms with Crippen LogP contribution >= 0.6 is 12.4 Å². The lowest BCUT2D eigenvalue weighted by atomic mass is 10.1. The molecule has 0 saturated carbocycles. The predicted octanol–water partition coefficient (Wildman–Crippen LogP) is 5.03. The summed E-state index contributed by atoms with van der Waals surface area (Å²) in [5.74, 6) is 0. The van der Waals surface area contributed by atoms with E-state index >= 15 is 0 Å². The van der Waals surface area contributed by atoms with Crippen molar-refractivity contribution < 1.29 is 0 Å². The van der Waals surface area contributed by atoms with E-state index in [0.29, 0.717) is 0 Å². The van der Waals surface area contributed by atoms with Gasteiger partial charge in [0.25, 0.3) is 0 Å². The van der Waals surface area contributed by atoms with Gasteiger partial charge in [-0.05, 0) is 32.5 Å². The van der Waals surface area contributed by atoms with Crippen LogP contribution in [0.15, 0.2) is 0 Å². The summed E-state index contributed by atoms with van der Waals surface area (Å²) in [6.07, 6.45) is 16.0. The average Bonchev–Trinajstić information content (AvgIpc) is 2.23. The molecule has 1 rings (SSSR count). The van der Waals surface area contributed by atoms with Crippen molar-refractivity contribution >= 4 is 12.4 Å². The van der Waals surface area contributed by atoms with Crippen LogP contribution in [-0.4, -0.2) is 24.5 Å². The number of likely N-dealkylation sites (tertiary alicyclic amines) is 1. The minimum atomic E-state index is 0. The Morgan fingerprint density at radius 1 is 0.706 bits per heavy atom. The number of halogens is 1. The first kappa shape index (κ1) is 17.2. The molecule has 2 heteroatoms. The number of unbranched alkanes of at least 4 members (excludes halogenated alkanes) is 9. The number of hydrogen-bond donors (Lipinski definition) is 0. The molecule has 1 fully saturated rings. The van der Waals surface area contributed by atoms with Crippen LogP contribution in [0.4, 0.5) is 0 Å². The summed E-state index contributed by atoms with van der Waals surface area (Å²) in [7, 11) is 0. The van der Waals surface area contributed by atoms with Gasteiger partial charge in [0.15, 0.2) is 0 Å². The Labute approximate surface area is 115 Å². The quantitative estimate of drug-likeness (QED) is 0.471. The fourth-order valence-corrected chi connectivity index (χ4v) is 2.43. The molecular weight excluding hydrogens is 230 g/mol. The summed E-state index contributed by atoms with van der Waals surface area (Å²) in [4.78, 5) is 2.59. The fraction of sp³-hybridized carbons (Fsp3) is 1.00. The lowest BCUT2D eigenvalue weighted by molar-refractivity contribution is 0.177. The van der Waals surface area contributed by atoms with Gasteiger partial charge in [-0.25, -0.2) is 0 Å². The molecule has 0 bridgehead atoms. The zero-order valence-corrected chi connectivity index (χ0v) is 12.6. The maximum Gasteiger partial charge on any atom is -0.000654 e. The Morgan fingerprint density at radius 3 is 1.59 bits per heavy atom. The van der Waals surface area contributed by atoms with Crippen LogP contribution in [0.3, 0.4) is 0 Å². The molecule has 0 aliphatic carbocycles. The second-order valence-electron chi connectivity index (χ2n) is 5.38. The highest BCUT2D eigenvalue weighted by Gasteiger charge is 2.11. The van der Waals surface area contributed by atoms with Gasteiger partial charge in [-0.2, -0.15) is 0 Å². The smallest absolute Gasteiger partial charge is 0.000654 e. The molecular formula is C15H32ClN. The molecule has 0 aromatic heterocycles. The lowest BCUT2D eigenvalue weighted by Crippen LogP contribution is -2.37. The molecule has 0 amide bonds. The summed E-state index contributed by atoms with van der Waals surface area (Å²) in [6.45, 7) is 6.41. The van der Waals surface area contributed by atoms with Crippen LogP contribution < -0.4 is 0 Å². The Hall–Kier alpha value is 0.250. The van der Waals surface area contributed by atoms with E-state index in [2.05, 4.69) is 11.8 Å². The number of nitrogens with zero attached hydrogens (tertiary/aromatic N) is 1. The van der Waals surface area contributed by atoms with Crippen LogP contribution in [-0.2, 0) is 0 Å². The van der Waals surface area contributed by atoms with Gasteiger partial charge in [-0.3, -0.25) is 0 Å². The first-order valence-corrected chi connectivity index (χ1v) is 7.66. The van der Waals surface area contributed by atoms with Crippen molar-refractivity contribution in [2.45, 2.75) is 77.6 Å². The van der Waals surface area contributed by atoms with E-state index in [1.54, 1.807) is 0 Å². The van der Waals surface area contributed by atoms with Crippen LogP contribution in [0.1, 0.15) is 77.6 Å². The predicted molar refractivity (Wildman–Crippen MR) is 80.1 cm³/mol.